The van der Waals surface area contributed by atoms with Gasteiger partial charge in [-0.15, -0.1) is 0 Å². The summed E-state index contributed by atoms with van der Waals surface area (Å²) in [6.07, 6.45) is 1.56. The van der Waals surface area contributed by atoms with E-state index in [1.807, 2.05) is 84.9 Å². The number of amides is 1. The first-order valence-electron chi connectivity index (χ1n) is 9.51. The number of carbonyl (C=O) groups is 1. The molecule has 1 amide bonds. The van der Waals surface area contributed by atoms with E-state index in [-0.39, 0.29) is 5.91 Å². The first-order valence-corrected chi connectivity index (χ1v) is 9.51. The van der Waals surface area contributed by atoms with Gasteiger partial charge in [0.1, 0.15) is 17.2 Å². The molecule has 0 saturated carbocycles. The highest BCUT2D eigenvalue weighted by atomic mass is 16.5. The van der Waals surface area contributed by atoms with Crippen LogP contribution < -0.4 is 15.4 Å². The van der Waals surface area contributed by atoms with Crippen LogP contribution in [0.3, 0.4) is 0 Å². The van der Waals surface area contributed by atoms with Gasteiger partial charge in [0.2, 0.25) is 5.95 Å². The monoisotopic (exact) mass is 396 g/mol. The third-order valence-electron chi connectivity index (χ3n) is 4.27. The molecule has 0 spiro atoms. The molecule has 0 aliphatic carbocycles. The predicted molar refractivity (Wildman–Crippen MR) is 116 cm³/mol. The highest BCUT2D eigenvalue weighted by Gasteiger charge is 2.09. The fourth-order valence-corrected chi connectivity index (χ4v) is 2.77. The molecule has 1 aromatic heterocycles. The number of benzene rings is 3. The summed E-state index contributed by atoms with van der Waals surface area (Å²) in [7, 11) is 0. The van der Waals surface area contributed by atoms with Gasteiger partial charge < -0.3 is 15.4 Å². The molecular weight excluding hydrogens is 376 g/mol. The van der Waals surface area contributed by atoms with E-state index in [0.717, 1.165) is 22.7 Å². The quantitative estimate of drug-likeness (QED) is 0.463. The van der Waals surface area contributed by atoms with Crippen molar-refractivity contribution in [1.82, 2.24) is 15.3 Å². The third-order valence-corrected chi connectivity index (χ3v) is 4.27. The summed E-state index contributed by atoms with van der Waals surface area (Å²) in [5, 5.41) is 5.97. The standard InChI is InChI=1S/C24H20N4O2/c29-23(26-17-18-7-3-1-4-8-18)22-15-16-25-24(28-22)27-19-11-13-21(14-12-19)30-20-9-5-2-6-10-20/h1-16H,17H2,(H,26,29)(H,25,27,28). The average Bonchev–Trinajstić information content (AvgIpc) is 2.80. The Labute approximate surface area is 174 Å². The van der Waals surface area contributed by atoms with Gasteiger partial charge in [0.25, 0.3) is 5.91 Å². The van der Waals surface area contributed by atoms with E-state index in [0.29, 0.717) is 18.2 Å². The van der Waals surface area contributed by atoms with Crippen LogP contribution >= 0.6 is 0 Å². The van der Waals surface area contributed by atoms with Crippen molar-refractivity contribution in [2.75, 3.05) is 5.32 Å². The summed E-state index contributed by atoms with van der Waals surface area (Å²) in [5.41, 5.74) is 2.11. The summed E-state index contributed by atoms with van der Waals surface area (Å²) < 4.78 is 5.79. The van der Waals surface area contributed by atoms with E-state index in [9.17, 15) is 4.79 Å². The summed E-state index contributed by atoms with van der Waals surface area (Å²) >= 11 is 0. The van der Waals surface area contributed by atoms with Gasteiger partial charge in [0.15, 0.2) is 0 Å². The van der Waals surface area contributed by atoms with Gasteiger partial charge in [-0.2, -0.15) is 0 Å². The topological polar surface area (TPSA) is 76.1 Å². The van der Waals surface area contributed by atoms with E-state index in [4.69, 9.17) is 4.74 Å². The van der Waals surface area contributed by atoms with Crippen LogP contribution in [0.25, 0.3) is 0 Å². The lowest BCUT2D eigenvalue weighted by atomic mass is 10.2. The number of nitrogens with one attached hydrogen (secondary N) is 2. The number of carbonyl (C=O) groups excluding carboxylic acids is 1. The molecule has 4 aromatic rings. The molecule has 148 valence electrons. The lowest BCUT2D eigenvalue weighted by molar-refractivity contribution is 0.0946. The number of para-hydroxylation sites is 1. The molecule has 0 radical (unpaired) electrons. The smallest absolute Gasteiger partial charge is 0.270 e. The maximum Gasteiger partial charge on any atom is 0.270 e. The van der Waals surface area contributed by atoms with Crippen LogP contribution in [-0.2, 0) is 6.54 Å². The van der Waals surface area contributed by atoms with Crippen LogP contribution in [0.1, 0.15) is 16.1 Å². The Bertz CT molecular complexity index is 1100. The van der Waals surface area contributed by atoms with Crippen LogP contribution in [0.4, 0.5) is 11.6 Å². The number of hydrogen-bond acceptors (Lipinski definition) is 5. The molecule has 6 heteroatoms. The molecule has 0 atom stereocenters. The molecule has 6 nitrogen and oxygen atoms in total. The van der Waals surface area contributed by atoms with E-state index in [1.54, 1.807) is 12.3 Å². The van der Waals surface area contributed by atoms with E-state index in [1.165, 1.54) is 0 Å². The van der Waals surface area contributed by atoms with Crippen molar-refractivity contribution < 1.29 is 9.53 Å². The number of anilines is 2. The minimum Gasteiger partial charge on any atom is -0.457 e. The molecule has 0 aliphatic rings. The minimum absolute atomic E-state index is 0.254. The number of nitrogens with zero attached hydrogens (tertiary/aromatic N) is 2. The van der Waals surface area contributed by atoms with Crippen LogP contribution in [0, 0.1) is 0 Å². The molecule has 30 heavy (non-hydrogen) atoms. The van der Waals surface area contributed by atoms with Crippen LogP contribution in [0.2, 0.25) is 0 Å². The molecule has 4 rings (SSSR count). The molecule has 0 unspecified atom stereocenters. The van der Waals surface area contributed by atoms with Crippen LogP contribution in [0.5, 0.6) is 11.5 Å². The Morgan fingerprint density at radius 3 is 2.20 bits per heavy atom. The zero-order chi connectivity index (χ0) is 20.6. The van der Waals surface area contributed by atoms with Crippen LogP contribution in [0.15, 0.2) is 97.2 Å². The van der Waals surface area contributed by atoms with Gasteiger partial charge in [-0.05, 0) is 48.0 Å². The van der Waals surface area contributed by atoms with Crippen molar-refractivity contribution in [3.63, 3.8) is 0 Å². The average molecular weight is 396 g/mol. The largest absolute Gasteiger partial charge is 0.457 e. The Kier molecular flexibility index (Phi) is 5.96. The Morgan fingerprint density at radius 2 is 1.47 bits per heavy atom. The first-order chi connectivity index (χ1) is 14.8. The number of aromatic nitrogens is 2. The third kappa shape index (κ3) is 5.20. The molecule has 2 N–H and O–H groups in total. The van der Waals surface area contributed by atoms with Crippen LogP contribution in [-0.4, -0.2) is 15.9 Å². The van der Waals surface area contributed by atoms with E-state index in [2.05, 4.69) is 20.6 Å². The first kappa shape index (κ1) is 19.1. The number of hydrogen-bond donors (Lipinski definition) is 2. The summed E-state index contributed by atoms with van der Waals surface area (Å²) in [4.78, 5) is 20.9. The predicted octanol–water partition coefficient (Wildman–Crippen LogP) is 4.94. The van der Waals surface area contributed by atoms with Crippen molar-refractivity contribution in [1.29, 1.82) is 0 Å². The van der Waals surface area contributed by atoms with E-state index < -0.39 is 0 Å². The number of rotatable bonds is 7. The second kappa shape index (κ2) is 9.34. The lowest BCUT2D eigenvalue weighted by Crippen LogP contribution is -2.24. The second-order valence-electron chi connectivity index (χ2n) is 6.50. The lowest BCUT2D eigenvalue weighted by Gasteiger charge is -2.09. The molecular formula is C24H20N4O2. The SMILES string of the molecule is O=C(NCc1ccccc1)c1ccnc(Nc2ccc(Oc3ccccc3)cc2)n1. The Balaban J connectivity index is 1.37. The summed E-state index contributed by atoms with van der Waals surface area (Å²) in [6.45, 7) is 0.440. The summed E-state index contributed by atoms with van der Waals surface area (Å²) in [6, 6.07) is 28.3. The molecule has 0 fully saturated rings. The van der Waals surface area contributed by atoms with Gasteiger partial charge in [0.05, 0.1) is 0 Å². The van der Waals surface area contributed by atoms with Gasteiger partial charge in [-0.3, -0.25) is 4.79 Å². The van der Waals surface area contributed by atoms with Crippen molar-refractivity contribution in [2.24, 2.45) is 0 Å². The van der Waals surface area contributed by atoms with Crippen molar-refractivity contribution in [2.45, 2.75) is 6.54 Å². The molecule has 3 aromatic carbocycles. The molecule has 0 bridgehead atoms. The Hall–Kier alpha value is -4.19. The number of ether oxygens (including phenoxy) is 1. The molecule has 0 aliphatic heterocycles. The summed E-state index contributed by atoms with van der Waals surface area (Å²) in [5.74, 6) is 1.59. The van der Waals surface area contributed by atoms with Gasteiger partial charge >= 0.3 is 0 Å². The van der Waals surface area contributed by atoms with Gasteiger partial charge in [0, 0.05) is 18.4 Å². The van der Waals surface area contributed by atoms with Crippen molar-refractivity contribution >= 4 is 17.5 Å². The highest BCUT2D eigenvalue weighted by Crippen LogP contribution is 2.23. The van der Waals surface area contributed by atoms with Gasteiger partial charge in [-0.25, -0.2) is 9.97 Å². The Morgan fingerprint density at radius 1 is 0.800 bits per heavy atom. The van der Waals surface area contributed by atoms with E-state index >= 15 is 0 Å². The van der Waals surface area contributed by atoms with Crippen molar-refractivity contribution in [3.05, 3.63) is 108 Å². The zero-order valence-corrected chi connectivity index (χ0v) is 16.2. The molecule has 1 heterocycles. The maximum atomic E-state index is 12.4. The normalized spacial score (nSPS) is 10.3. The second-order valence-corrected chi connectivity index (χ2v) is 6.50. The fraction of sp³-hybridized carbons (Fsp3) is 0.0417. The van der Waals surface area contributed by atoms with Gasteiger partial charge in [-0.1, -0.05) is 48.5 Å². The molecule has 0 saturated heterocycles. The maximum absolute atomic E-state index is 12.4. The fourth-order valence-electron chi connectivity index (χ4n) is 2.77. The highest BCUT2D eigenvalue weighted by molar-refractivity contribution is 5.92. The minimum atomic E-state index is -0.254. The zero-order valence-electron chi connectivity index (χ0n) is 16.2. The van der Waals surface area contributed by atoms with Crippen molar-refractivity contribution in [3.8, 4) is 11.5 Å².